The molecule has 46 valence electrons. The molecule has 0 amide bonds. The molecular weight excluding hydrogens is 134 g/mol. The Labute approximate surface area is 46.7 Å². The van der Waals surface area contributed by atoms with E-state index in [2.05, 4.69) is 11.1 Å². The van der Waals surface area contributed by atoms with Crippen molar-refractivity contribution in [3.8, 4) is 0 Å². The van der Waals surface area contributed by atoms with Crippen LogP contribution in [0, 0.1) is 0 Å². The normalized spacial score (nSPS) is 15.0. The van der Waals surface area contributed by atoms with Crippen LogP contribution in [0.25, 0.3) is 0 Å². The lowest BCUT2D eigenvalue weighted by atomic mass is 10.7. The maximum absolute atomic E-state index is 11.7. The van der Waals surface area contributed by atoms with Crippen LogP contribution in [0.1, 0.15) is 0 Å². The van der Waals surface area contributed by atoms with Crippen molar-refractivity contribution in [2.24, 2.45) is 0 Å². The zero-order chi connectivity index (χ0) is 6.57. The second-order valence-electron chi connectivity index (χ2n) is 0.916. The van der Waals surface area contributed by atoms with Gasteiger partial charge in [0.25, 0.3) is 6.36 Å². The molecule has 2 atom stereocenters. The topological polar surface area (TPSA) is 49.4 Å². The molecule has 0 aromatic heterocycles. The van der Waals surface area contributed by atoms with Crippen molar-refractivity contribution in [3.05, 3.63) is 12.7 Å². The van der Waals surface area contributed by atoms with E-state index in [-0.39, 0.29) is 0 Å². The van der Waals surface area contributed by atoms with Gasteiger partial charge in [-0.1, -0.05) is 6.58 Å². The molecule has 0 aromatic carbocycles. The molecule has 8 heavy (non-hydrogen) atoms. The third-order valence-electron chi connectivity index (χ3n) is 0.372. The molecule has 3 nitrogen and oxygen atoms in total. The summed E-state index contributed by atoms with van der Waals surface area (Å²) in [6.45, 7) is 2.95. The number of rotatable bonds is 3. The Kier molecular flexibility index (Phi) is 3.52. The van der Waals surface area contributed by atoms with Crippen LogP contribution in [0.3, 0.4) is 0 Å². The third-order valence-corrected chi connectivity index (χ3v) is 0.746. The first-order chi connectivity index (χ1) is 3.66. The van der Waals surface area contributed by atoms with Gasteiger partial charge in [-0.15, -0.1) is 4.52 Å². The molecule has 0 fully saturated rings. The van der Waals surface area contributed by atoms with Crippen LogP contribution in [0.5, 0.6) is 0 Å². The van der Waals surface area contributed by atoms with Gasteiger partial charge >= 0.3 is 8.25 Å². The Hall–Kier alpha value is -0.310. The Bertz CT molecular complexity index is 105. The Morgan fingerprint density at radius 2 is 2.50 bits per heavy atom. The summed E-state index contributed by atoms with van der Waals surface area (Å²) in [6.07, 6.45) is -1.17. The van der Waals surface area contributed by atoms with Gasteiger partial charge in [0, 0.05) is 0 Å². The molecule has 0 aliphatic rings. The van der Waals surface area contributed by atoms with Crippen molar-refractivity contribution in [2.75, 3.05) is 0 Å². The molecule has 0 aliphatic heterocycles. The zero-order valence-electron chi connectivity index (χ0n) is 3.91. The highest BCUT2D eigenvalue weighted by Gasteiger charge is 2.09. The number of alkyl halides is 1. The second kappa shape index (κ2) is 3.66. The highest BCUT2D eigenvalue weighted by molar-refractivity contribution is 7.30. The Morgan fingerprint density at radius 3 is 2.62 bits per heavy atom. The van der Waals surface area contributed by atoms with Crippen LogP contribution in [-0.4, -0.2) is 6.36 Å². The highest BCUT2D eigenvalue weighted by atomic mass is 31.1. The fourth-order valence-electron chi connectivity index (χ4n) is 0.125. The van der Waals surface area contributed by atoms with Crippen LogP contribution in [0.2, 0.25) is 0 Å². The largest absolute Gasteiger partial charge is 0.566 e. The molecule has 0 aliphatic carbocycles. The van der Waals surface area contributed by atoms with E-state index < -0.39 is 14.6 Å². The summed E-state index contributed by atoms with van der Waals surface area (Å²) < 4.78 is 24.7. The molecule has 0 rings (SSSR count). The summed E-state index contributed by atoms with van der Waals surface area (Å²) in [6, 6.07) is 0. The van der Waals surface area contributed by atoms with Crippen LogP contribution in [0.15, 0.2) is 12.7 Å². The number of hydrogen-bond donors (Lipinski definition) is 0. The first-order valence-electron chi connectivity index (χ1n) is 1.74. The molecule has 0 spiro atoms. The SMILES string of the molecule is C=CC(F)O[P+](=O)[O-]. The highest BCUT2D eigenvalue weighted by Crippen LogP contribution is 2.13. The first kappa shape index (κ1) is 7.69. The summed E-state index contributed by atoms with van der Waals surface area (Å²) in [4.78, 5) is 9.50. The molecule has 5 heteroatoms. The molecule has 0 heterocycles. The van der Waals surface area contributed by atoms with Gasteiger partial charge in [-0.3, -0.25) is 0 Å². The van der Waals surface area contributed by atoms with Crippen molar-refractivity contribution in [2.45, 2.75) is 6.36 Å². The number of halogens is 1. The number of hydrogen-bond acceptors (Lipinski definition) is 3. The van der Waals surface area contributed by atoms with E-state index in [1.165, 1.54) is 0 Å². The van der Waals surface area contributed by atoms with Crippen LogP contribution in [0.4, 0.5) is 4.39 Å². The van der Waals surface area contributed by atoms with E-state index in [4.69, 9.17) is 0 Å². The van der Waals surface area contributed by atoms with E-state index in [1.807, 2.05) is 0 Å². The summed E-state index contributed by atoms with van der Waals surface area (Å²) in [5.74, 6) is 0. The molecule has 0 aromatic rings. The second-order valence-corrected chi connectivity index (χ2v) is 1.57. The lowest BCUT2D eigenvalue weighted by molar-refractivity contribution is -0.192. The van der Waals surface area contributed by atoms with E-state index in [0.29, 0.717) is 0 Å². The van der Waals surface area contributed by atoms with E-state index in [0.717, 1.165) is 6.08 Å². The molecule has 0 saturated carbocycles. The maximum atomic E-state index is 11.7. The molecular formula is C3H4FO3P. The predicted molar refractivity (Wildman–Crippen MR) is 23.8 cm³/mol. The summed E-state index contributed by atoms with van der Waals surface area (Å²) in [5, 5.41) is 0. The van der Waals surface area contributed by atoms with Crippen molar-refractivity contribution in [3.63, 3.8) is 0 Å². The van der Waals surface area contributed by atoms with Crippen molar-refractivity contribution in [1.82, 2.24) is 0 Å². The zero-order valence-corrected chi connectivity index (χ0v) is 4.81. The smallest absolute Gasteiger partial charge is 0.491 e. The minimum atomic E-state index is -3.09. The first-order valence-corrected chi connectivity index (χ1v) is 2.84. The third kappa shape index (κ3) is 3.87. The van der Waals surface area contributed by atoms with E-state index >= 15 is 0 Å². The molecule has 0 saturated heterocycles. The summed E-state index contributed by atoms with van der Waals surface area (Å²) >= 11 is 0. The fraction of sp³-hybridized carbons (Fsp3) is 0.333. The fourth-order valence-corrected chi connectivity index (χ4v) is 0.376. The van der Waals surface area contributed by atoms with E-state index in [1.54, 1.807) is 0 Å². The van der Waals surface area contributed by atoms with Crippen molar-refractivity contribution < 1.29 is 18.4 Å². The predicted octanol–water partition coefficient (Wildman–Crippen LogP) is 0.502. The Balaban J connectivity index is 3.38. The van der Waals surface area contributed by atoms with Crippen molar-refractivity contribution >= 4 is 8.25 Å². The quantitative estimate of drug-likeness (QED) is 0.421. The van der Waals surface area contributed by atoms with Gasteiger partial charge in [0.05, 0.1) is 0 Å². The van der Waals surface area contributed by atoms with Crippen LogP contribution < -0.4 is 4.89 Å². The van der Waals surface area contributed by atoms with Gasteiger partial charge in [-0.05, 0) is 10.6 Å². The van der Waals surface area contributed by atoms with E-state index in [9.17, 15) is 13.8 Å². The van der Waals surface area contributed by atoms with Gasteiger partial charge in [0.1, 0.15) is 0 Å². The monoisotopic (exact) mass is 138 g/mol. The lowest BCUT2D eigenvalue weighted by Crippen LogP contribution is -1.99. The summed E-state index contributed by atoms with van der Waals surface area (Å²) in [7, 11) is -3.09. The Morgan fingerprint density at radius 1 is 2.00 bits per heavy atom. The minimum Gasteiger partial charge on any atom is -0.566 e. The maximum Gasteiger partial charge on any atom is 0.491 e. The molecule has 2 unspecified atom stereocenters. The average Bonchev–Trinajstić information content (AvgIpc) is 1.65. The standard InChI is InChI=1S/C3H4FO3P/c1-2-3(4)7-8(5)6/h2-3H,1H2. The van der Waals surface area contributed by atoms with Gasteiger partial charge in [0.15, 0.2) is 0 Å². The van der Waals surface area contributed by atoms with Crippen LogP contribution >= 0.6 is 8.25 Å². The van der Waals surface area contributed by atoms with Crippen molar-refractivity contribution in [1.29, 1.82) is 0 Å². The van der Waals surface area contributed by atoms with Gasteiger partial charge in [-0.2, -0.15) is 0 Å². The van der Waals surface area contributed by atoms with Crippen LogP contribution in [-0.2, 0) is 9.09 Å². The summed E-state index contributed by atoms with van der Waals surface area (Å²) in [5.41, 5.74) is 0. The minimum absolute atomic E-state index is 0.741. The average molecular weight is 138 g/mol. The molecule has 0 N–H and O–H groups in total. The molecule has 0 bridgehead atoms. The van der Waals surface area contributed by atoms with Gasteiger partial charge in [-0.25, -0.2) is 4.39 Å². The van der Waals surface area contributed by atoms with Gasteiger partial charge < -0.3 is 4.89 Å². The van der Waals surface area contributed by atoms with Gasteiger partial charge in [0.2, 0.25) is 0 Å². The molecule has 0 radical (unpaired) electrons. The lowest BCUT2D eigenvalue weighted by Gasteiger charge is -1.89.